The molecule has 104 valence electrons. The molecule has 4 nitrogen and oxygen atoms in total. The minimum Gasteiger partial charge on any atom is -0.440 e. The summed E-state index contributed by atoms with van der Waals surface area (Å²) >= 11 is 0. The maximum atomic E-state index is 5.89. The van der Waals surface area contributed by atoms with Crippen molar-refractivity contribution in [3.63, 3.8) is 0 Å². The molecule has 0 aromatic carbocycles. The lowest BCUT2D eigenvalue weighted by Gasteiger charge is -2.19. The van der Waals surface area contributed by atoms with Crippen molar-refractivity contribution in [3.8, 4) is 11.6 Å². The van der Waals surface area contributed by atoms with E-state index in [4.69, 9.17) is 4.42 Å². The zero-order valence-corrected chi connectivity index (χ0v) is 11.6. The average molecular weight is 277 g/mol. The Kier molecular flexibility index (Phi) is 2.99. The lowest BCUT2D eigenvalue weighted by molar-refractivity contribution is 0.464. The fourth-order valence-corrected chi connectivity index (χ4v) is 2.88. The van der Waals surface area contributed by atoms with Gasteiger partial charge >= 0.3 is 0 Å². The Labute approximate surface area is 122 Å². The van der Waals surface area contributed by atoms with Gasteiger partial charge < -0.3 is 4.42 Å². The van der Waals surface area contributed by atoms with Gasteiger partial charge in [-0.15, -0.1) is 0 Å². The molecular formula is C17H15N3O. The number of rotatable bonds is 2. The first-order chi connectivity index (χ1) is 10.4. The molecule has 1 aliphatic carbocycles. The molecule has 0 spiro atoms. The van der Waals surface area contributed by atoms with Crippen LogP contribution >= 0.6 is 0 Å². The van der Waals surface area contributed by atoms with Gasteiger partial charge in [-0.25, -0.2) is 4.98 Å². The van der Waals surface area contributed by atoms with Gasteiger partial charge in [0.25, 0.3) is 0 Å². The number of pyridine rings is 2. The van der Waals surface area contributed by atoms with Gasteiger partial charge in [0.05, 0.1) is 5.69 Å². The third kappa shape index (κ3) is 2.33. The standard InChI is InChI=1S/C17H15N3O/c1-2-9-19-14(5-1)17-20-15-10-12(6-7-16(15)21-17)13-4-3-8-18-11-13/h1-5,8-9,11-12H,6-7,10H2. The molecule has 0 fully saturated rings. The van der Waals surface area contributed by atoms with E-state index in [1.807, 2.05) is 36.7 Å². The number of hydrogen-bond acceptors (Lipinski definition) is 4. The number of nitrogens with zero attached hydrogens (tertiary/aromatic N) is 3. The van der Waals surface area contributed by atoms with Gasteiger partial charge in [-0.05, 0) is 36.1 Å². The van der Waals surface area contributed by atoms with Crippen LogP contribution in [0, 0.1) is 0 Å². The molecule has 1 unspecified atom stereocenters. The number of aromatic nitrogens is 3. The summed E-state index contributed by atoms with van der Waals surface area (Å²) in [5.41, 5.74) is 3.14. The molecule has 4 rings (SSSR count). The molecule has 21 heavy (non-hydrogen) atoms. The number of oxazole rings is 1. The summed E-state index contributed by atoms with van der Waals surface area (Å²) in [7, 11) is 0. The molecule has 1 atom stereocenters. The zero-order valence-electron chi connectivity index (χ0n) is 11.6. The molecule has 3 aromatic rings. The number of hydrogen-bond donors (Lipinski definition) is 0. The van der Waals surface area contributed by atoms with Crippen LogP contribution < -0.4 is 0 Å². The van der Waals surface area contributed by atoms with Gasteiger partial charge in [-0.1, -0.05) is 12.1 Å². The molecule has 0 saturated heterocycles. The number of aryl methyl sites for hydroxylation is 1. The molecule has 0 amide bonds. The lowest BCUT2D eigenvalue weighted by atomic mass is 9.86. The van der Waals surface area contributed by atoms with Crippen molar-refractivity contribution in [1.82, 2.24) is 15.0 Å². The molecule has 3 heterocycles. The highest BCUT2D eigenvalue weighted by Crippen LogP contribution is 2.34. The number of fused-ring (bicyclic) bond motifs is 1. The smallest absolute Gasteiger partial charge is 0.245 e. The average Bonchev–Trinajstić information content (AvgIpc) is 2.99. The van der Waals surface area contributed by atoms with Crippen molar-refractivity contribution in [2.75, 3.05) is 0 Å². The summed E-state index contributed by atoms with van der Waals surface area (Å²) < 4.78 is 5.89. The highest BCUT2D eigenvalue weighted by molar-refractivity contribution is 5.47. The normalized spacial score (nSPS) is 17.4. The van der Waals surface area contributed by atoms with Crippen LogP contribution in [0.15, 0.2) is 53.3 Å². The predicted molar refractivity (Wildman–Crippen MR) is 78.7 cm³/mol. The molecular weight excluding hydrogens is 262 g/mol. The summed E-state index contributed by atoms with van der Waals surface area (Å²) in [5, 5.41) is 0. The molecule has 0 N–H and O–H groups in total. The minimum atomic E-state index is 0.480. The maximum Gasteiger partial charge on any atom is 0.245 e. The van der Waals surface area contributed by atoms with Crippen LogP contribution in [-0.2, 0) is 12.8 Å². The van der Waals surface area contributed by atoms with Crippen molar-refractivity contribution < 1.29 is 4.42 Å². The maximum absolute atomic E-state index is 5.89. The van der Waals surface area contributed by atoms with Crippen molar-refractivity contribution >= 4 is 0 Å². The third-order valence-electron chi connectivity index (χ3n) is 3.98. The van der Waals surface area contributed by atoms with Crippen LogP contribution in [0.1, 0.15) is 29.4 Å². The van der Waals surface area contributed by atoms with E-state index in [2.05, 4.69) is 21.0 Å². The minimum absolute atomic E-state index is 0.480. The highest BCUT2D eigenvalue weighted by atomic mass is 16.4. The van der Waals surface area contributed by atoms with Crippen LogP contribution in [0.5, 0.6) is 0 Å². The van der Waals surface area contributed by atoms with E-state index in [1.54, 1.807) is 6.20 Å². The van der Waals surface area contributed by atoms with Crippen molar-refractivity contribution in [3.05, 3.63) is 65.9 Å². The van der Waals surface area contributed by atoms with E-state index in [0.717, 1.165) is 36.4 Å². The van der Waals surface area contributed by atoms with Crippen molar-refractivity contribution in [2.24, 2.45) is 0 Å². The van der Waals surface area contributed by atoms with Gasteiger partial charge in [0.1, 0.15) is 11.5 Å². The van der Waals surface area contributed by atoms with Gasteiger partial charge in [-0.3, -0.25) is 9.97 Å². The third-order valence-corrected chi connectivity index (χ3v) is 3.98. The molecule has 0 saturated carbocycles. The van der Waals surface area contributed by atoms with Gasteiger partial charge in [0.15, 0.2) is 0 Å². The second-order valence-electron chi connectivity index (χ2n) is 5.33. The van der Waals surface area contributed by atoms with Crippen LogP contribution in [-0.4, -0.2) is 15.0 Å². The Morgan fingerprint density at radius 1 is 1.10 bits per heavy atom. The molecule has 4 heteroatoms. The fourth-order valence-electron chi connectivity index (χ4n) is 2.88. The van der Waals surface area contributed by atoms with Crippen LogP contribution in [0.25, 0.3) is 11.6 Å². The quantitative estimate of drug-likeness (QED) is 0.720. The van der Waals surface area contributed by atoms with Gasteiger partial charge in [-0.2, -0.15) is 0 Å². The van der Waals surface area contributed by atoms with E-state index in [1.165, 1.54) is 5.56 Å². The predicted octanol–water partition coefficient (Wildman–Crippen LogP) is 3.40. The Morgan fingerprint density at radius 3 is 2.90 bits per heavy atom. The molecule has 3 aromatic heterocycles. The van der Waals surface area contributed by atoms with Crippen LogP contribution in [0.4, 0.5) is 0 Å². The summed E-state index contributed by atoms with van der Waals surface area (Å²) in [4.78, 5) is 13.2. The largest absolute Gasteiger partial charge is 0.440 e. The molecule has 1 aliphatic rings. The zero-order chi connectivity index (χ0) is 14.1. The Hall–Kier alpha value is -2.49. The summed E-state index contributed by atoms with van der Waals surface area (Å²) in [6, 6.07) is 9.90. The Morgan fingerprint density at radius 2 is 2.10 bits per heavy atom. The first-order valence-corrected chi connectivity index (χ1v) is 7.20. The van der Waals surface area contributed by atoms with Crippen molar-refractivity contribution in [2.45, 2.75) is 25.2 Å². The first kappa shape index (κ1) is 12.3. The van der Waals surface area contributed by atoms with E-state index in [9.17, 15) is 0 Å². The van der Waals surface area contributed by atoms with Gasteiger partial charge in [0.2, 0.25) is 5.89 Å². The summed E-state index contributed by atoms with van der Waals surface area (Å²) in [6.07, 6.45) is 8.45. The van der Waals surface area contributed by atoms with Crippen molar-refractivity contribution in [1.29, 1.82) is 0 Å². The monoisotopic (exact) mass is 277 g/mol. The van der Waals surface area contributed by atoms with Crippen LogP contribution in [0.3, 0.4) is 0 Å². The van der Waals surface area contributed by atoms with Gasteiger partial charge in [0, 0.05) is 31.4 Å². The summed E-state index contributed by atoms with van der Waals surface area (Å²) in [6.45, 7) is 0. The van der Waals surface area contributed by atoms with E-state index < -0.39 is 0 Å². The SMILES string of the molecule is c1ccc(-c2nc3c(o2)CCC(c2cccnc2)C3)nc1. The Balaban J connectivity index is 1.63. The molecule has 0 bridgehead atoms. The van der Waals surface area contributed by atoms with Crippen LogP contribution in [0.2, 0.25) is 0 Å². The highest BCUT2D eigenvalue weighted by Gasteiger charge is 2.25. The molecule has 0 aliphatic heterocycles. The second-order valence-corrected chi connectivity index (χ2v) is 5.33. The lowest BCUT2D eigenvalue weighted by Crippen LogP contribution is -2.12. The Bertz CT molecular complexity index is 737. The fraction of sp³-hybridized carbons (Fsp3) is 0.235. The second kappa shape index (κ2) is 5.13. The first-order valence-electron chi connectivity index (χ1n) is 7.20. The summed E-state index contributed by atoms with van der Waals surface area (Å²) in [5.74, 6) is 2.12. The van der Waals surface area contributed by atoms with E-state index in [0.29, 0.717) is 11.8 Å². The van der Waals surface area contributed by atoms with E-state index in [-0.39, 0.29) is 0 Å². The topological polar surface area (TPSA) is 51.8 Å². The van der Waals surface area contributed by atoms with E-state index >= 15 is 0 Å². The molecule has 0 radical (unpaired) electrons.